The highest BCUT2D eigenvalue weighted by molar-refractivity contribution is 9.10. The molecule has 0 aliphatic heterocycles. The number of methoxy groups -OCH3 is 1. The van der Waals surface area contributed by atoms with E-state index in [2.05, 4.69) is 21.2 Å². The van der Waals surface area contributed by atoms with Gasteiger partial charge in [0.15, 0.2) is 0 Å². The minimum Gasteiger partial charge on any atom is -0.495 e. The number of benzene rings is 1. The van der Waals surface area contributed by atoms with E-state index in [1.54, 1.807) is 32.2 Å². The molecule has 1 amide bonds. The van der Waals surface area contributed by atoms with Crippen molar-refractivity contribution in [2.45, 2.75) is 6.92 Å². The summed E-state index contributed by atoms with van der Waals surface area (Å²) in [5.41, 5.74) is 0.633. The summed E-state index contributed by atoms with van der Waals surface area (Å²) in [6.07, 6.45) is -0.470. The topological polar surface area (TPSA) is 47.6 Å². The predicted octanol–water partition coefficient (Wildman–Crippen LogP) is 3.03. The van der Waals surface area contributed by atoms with E-state index in [-0.39, 0.29) is 0 Å². The monoisotopic (exact) mass is 273 g/mol. The first-order valence-corrected chi connectivity index (χ1v) is 5.24. The number of rotatable bonds is 3. The molecule has 15 heavy (non-hydrogen) atoms. The first-order chi connectivity index (χ1) is 7.17. The van der Waals surface area contributed by atoms with E-state index in [4.69, 9.17) is 9.47 Å². The lowest BCUT2D eigenvalue weighted by molar-refractivity contribution is 0.168. The number of anilines is 1. The minimum absolute atomic E-state index is 0.347. The maximum Gasteiger partial charge on any atom is 0.411 e. The Morgan fingerprint density at radius 2 is 2.27 bits per heavy atom. The second kappa shape index (κ2) is 5.60. The number of carbonyl (C=O) groups is 1. The van der Waals surface area contributed by atoms with Gasteiger partial charge in [0.2, 0.25) is 0 Å². The number of carbonyl (C=O) groups excluding carboxylic acids is 1. The SMILES string of the molecule is CCOC(=O)Nc1ccc(Br)c(OC)c1. The Kier molecular flexibility index (Phi) is 4.42. The molecule has 5 heteroatoms. The molecule has 0 unspecified atom stereocenters. The Morgan fingerprint density at radius 3 is 2.87 bits per heavy atom. The van der Waals surface area contributed by atoms with Crippen LogP contribution in [0, 0.1) is 0 Å². The lowest BCUT2D eigenvalue weighted by Crippen LogP contribution is -2.13. The summed E-state index contributed by atoms with van der Waals surface area (Å²) >= 11 is 3.32. The van der Waals surface area contributed by atoms with Crippen LogP contribution in [0.1, 0.15) is 6.92 Å². The van der Waals surface area contributed by atoms with Gasteiger partial charge in [0.1, 0.15) is 5.75 Å². The molecule has 0 fully saturated rings. The second-order valence-electron chi connectivity index (χ2n) is 2.69. The van der Waals surface area contributed by atoms with Crippen LogP contribution in [0.5, 0.6) is 5.75 Å². The lowest BCUT2D eigenvalue weighted by atomic mass is 10.3. The van der Waals surface area contributed by atoms with Gasteiger partial charge in [-0.15, -0.1) is 0 Å². The van der Waals surface area contributed by atoms with Gasteiger partial charge in [-0.2, -0.15) is 0 Å². The zero-order valence-corrected chi connectivity index (χ0v) is 10.1. The first kappa shape index (κ1) is 11.8. The van der Waals surface area contributed by atoms with Gasteiger partial charge in [-0.05, 0) is 35.0 Å². The molecule has 0 atom stereocenters. The van der Waals surface area contributed by atoms with Crippen LogP contribution < -0.4 is 10.1 Å². The maximum atomic E-state index is 11.1. The smallest absolute Gasteiger partial charge is 0.411 e. The number of halogens is 1. The molecule has 1 rings (SSSR count). The third-order valence-corrected chi connectivity index (χ3v) is 2.33. The van der Waals surface area contributed by atoms with Gasteiger partial charge < -0.3 is 9.47 Å². The summed E-state index contributed by atoms with van der Waals surface area (Å²) in [5.74, 6) is 0.657. The minimum atomic E-state index is -0.470. The second-order valence-corrected chi connectivity index (χ2v) is 3.55. The van der Waals surface area contributed by atoms with Crippen molar-refractivity contribution in [2.75, 3.05) is 19.0 Å². The molecule has 0 aliphatic carbocycles. The standard InChI is InChI=1S/C10H12BrNO3/c1-3-15-10(13)12-7-4-5-8(11)9(6-7)14-2/h4-6H,3H2,1-2H3,(H,12,13). The van der Waals surface area contributed by atoms with E-state index >= 15 is 0 Å². The molecule has 0 bridgehead atoms. The summed E-state index contributed by atoms with van der Waals surface area (Å²) in [6.45, 7) is 2.10. The third kappa shape index (κ3) is 3.43. The molecular formula is C10H12BrNO3. The zero-order chi connectivity index (χ0) is 11.3. The van der Waals surface area contributed by atoms with Crippen LogP contribution >= 0.6 is 15.9 Å². The molecular weight excluding hydrogens is 262 g/mol. The molecule has 0 spiro atoms. The number of hydrogen-bond donors (Lipinski definition) is 1. The zero-order valence-electron chi connectivity index (χ0n) is 8.54. The van der Waals surface area contributed by atoms with Crippen molar-refractivity contribution in [1.82, 2.24) is 0 Å². The number of ether oxygens (including phenoxy) is 2. The highest BCUT2D eigenvalue weighted by Gasteiger charge is 2.05. The van der Waals surface area contributed by atoms with Crippen LogP contribution in [0.15, 0.2) is 22.7 Å². The van der Waals surface area contributed by atoms with Crippen molar-refractivity contribution in [3.8, 4) is 5.75 Å². The number of nitrogens with one attached hydrogen (secondary N) is 1. The summed E-state index contributed by atoms with van der Waals surface area (Å²) < 4.78 is 10.7. The van der Waals surface area contributed by atoms with Crippen molar-refractivity contribution in [3.05, 3.63) is 22.7 Å². The van der Waals surface area contributed by atoms with E-state index in [9.17, 15) is 4.79 Å². The van der Waals surface area contributed by atoms with Gasteiger partial charge in [-0.25, -0.2) is 4.79 Å². The Labute approximate surface area is 96.7 Å². The largest absolute Gasteiger partial charge is 0.495 e. The quantitative estimate of drug-likeness (QED) is 0.921. The van der Waals surface area contributed by atoms with Crippen LogP contribution in [-0.2, 0) is 4.74 Å². The predicted molar refractivity (Wildman–Crippen MR) is 61.3 cm³/mol. The van der Waals surface area contributed by atoms with E-state index in [1.165, 1.54) is 0 Å². The van der Waals surface area contributed by atoms with Crippen LogP contribution in [0.25, 0.3) is 0 Å². The van der Waals surface area contributed by atoms with Gasteiger partial charge in [-0.3, -0.25) is 5.32 Å². The van der Waals surface area contributed by atoms with E-state index in [0.29, 0.717) is 18.0 Å². The summed E-state index contributed by atoms with van der Waals surface area (Å²) in [5, 5.41) is 2.58. The van der Waals surface area contributed by atoms with Crippen molar-refractivity contribution >= 4 is 27.7 Å². The van der Waals surface area contributed by atoms with E-state index < -0.39 is 6.09 Å². The van der Waals surface area contributed by atoms with Crippen molar-refractivity contribution < 1.29 is 14.3 Å². The van der Waals surface area contributed by atoms with Crippen molar-refractivity contribution in [2.24, 2.45) is 0 Å². The van der Waals surface area contributed by atoms with E-state index in [0.717, 1.165) is 4.47 Å². The summed E-state index contributed by atoms with van der Waals surface area (Å²) in [4.78, 5) is 11.1. The highest BCUT2D eigenvalue weighted by Crippen LogP contribution is 2.27. The highest BCUT2D eigenvalue weighted by atomic mass is 79.9. The summed E-state index contributed by atoms with van der Waals surface area (Å²) in [6, 6.07) is 5.25. The van der Waals surface area contributed by atoms with Crippen molar-refractivity contribution in [1.29, 1.82) is 0 Å². The number of amides is 1. The Bertz CT molecular complexity index is 355. The van der Waals surface area contributed by atoms with Gasteiger partial charge >= 0.3 is 6.09 Å². The van der Waals surface area contributed by atoms with Crippen LogP contribution in [0.2, 0.25) is 0 Å². The van der Waals surface area contributed by atoms with Crippen molar-refractivity contribution in [3.63, 3.8) is 0 Å². The molecule has 1 aromatic carbocycles. The summed E-state index contributed by atoms with van der Waals surface area (Å²) in [7, 11) is 1.56. The molecule has 0 saturated heterocycles. The molecule has 0 heterocycles. The fourth-order valence-corrected chi connectivity index (χ4v) is 1.43. The Hall–Kier alpha value is -1.23. The molecule has 0 saturated carbocycles. The van der Waals surface area contributed by atoms with Gasteiger partial charge in [0.05, 0.1) is 18.2 Å². The lowest BCUT2D eigenvalue weighted by Gasteiger charge is -2.08. The average molecular weight is 274 g/mol. The molecule has 1 N–H and O–H groups in total. The fraction of sp³-hybridized carbons (Fsp3) is 0.300. The van der Waals surface area contributed by atoms with Crippen LogP contribution in [0.4, 0.5) is 10.5 Å². The molecule has 82 valence electrons. The van der Waals surface area contributed by atoms with Gasteiger partial charge in [-0.1, -0.05) is 0 Å². The third-order valence-electron chi connectivity index (χ3n) is 1.67. The first-order valence-electron chi connectivity index (χ1n) is 4.44. The fourth-order valence-electron chi connectivity index (χ4n) is 1.02. The Morgan fingerprint density at radius 1 is 1.53 bits per heavy atom. The van der Waals surface area contributed by atoms with Gasteiger partial charge in [0, 0.05) is 11.8 Å². The maximum absolute atomic E-state index is 11.1. The average Bonchev–Trinajstić information content (AvgIpc) is 2.21. The molecule has 0 aliphatic rings. The number of hydrogen-bond acceptors (Lipinski definition) is 3. The normalized spacial score (nSPS) is 9.53. The Balaban J connectivity index is 2.74. The molecule has 4 nitrogen and oxygen atoms in total. The molecule has 1 aromatic rings. The van der Waals surface area contributed by atoms with E-state index in [1.807, 2.05) is 0 Å². The molecule has 0 radical (unpaired) electrons. The van der Waals surface area contributed by atoms with Gasteiger partial charge in [0.25, 0.3) is 0 Å². The van der Waals surface area contributed by atoms with Crippen LogP contribution in [-0.4, -0.2) is 19.8 Å². The molecule has 0 aromatic heterocycles. The van der Waals surface area contributed by atoms with Crippen LogP contribution in [0.3, 0.4) is 0 Å².